The van der Waals surface area contributed by atoms with E-state index in [2.05, 4.69) is 50.9 Å². The molecule has 3 fully saturated rings. The highest BCUT2D eigenvalue weighted by molar-refractivity contribution is 6.06. The number of aromatic nitrogens is 1. The molecule has 6 heteroatoms. The number of carbonyl (C=O) groups excluding carboxylic acids is 2. The minimum absolute atomic E-state index is 0.0483. The third-order valence-corrected chi connectivity index (χ3v) is 10.3. The number of fused-ring (bicyclic) bond motifs is 3. The lowest BCUT2D eigenvalue weighted by atomic mass is 9.79. The Kier molecular flexibility index (Phi) is 5.73. The number of amides is 2. The fourth-order valence-corrected chi connectivity index (χ4v) is 8.14. The Morgan fingerprint density at radius 3 is 2.50 bits per heavy atom. The molecule has 0 bridgehead atoms. The zero-order valence-corrected chi connectivity index (χ0v) is 22.2. The summed E-state index contributed by atoms with van der Waals surface area (Å²) in [7, 11) is 0. The predicted molar refractivity (Wildman–Crippen MR) is 149 cm³/mol. The number of piperazine rings is 1. The van der Waals surface area contributed by atoms with Crippen molar-refractivity contribution in [3.8, 4) is 0 Å². The van der Waals surface area contributed by atoms with E-state index < -0.39 is 5.41 Å². The van der Waals surface area contributed by atoms with Crippen molar-refractivity contribution in [3.63, 3.8) is 0 Å². The van der Waals surface area contributed by atoms with Gasteiger partial charge in [-0.1, -0.05) is 74.9 Å². The largest absolute Gasteiger partial charge is 0.330 e. The maximum absolute atomic E-state index is 14.0. The van der Waals surface area contributed by atoms with Gasteiger partial charge in [0.25, 0.3) is 0 Å². The molecule has 1 atom stereocenters. The number of hydrogen-bond acceptors (Lipinski definition) is 4. The van der Waals surface area contributed by atoms with Crippen molar-refractivity contribution in [2.24, 2.45) is 0 Å². The average Bonchev–Trinajstić information content (AvgIpc) is 3.57. The van der Waals surface area contributed by atoms with E-state index >= 15 is 0 Å². The summed E-state index contributed by atoms with van der Waals surface area (Å²) in [6.45, 7) is 1.61. The first-order valence-electron chi connectivity index (χ1n) is 14.7. The van der Waals surface area contributed by atoms with Crippen LogP contribution in [-0.2, 0) is 27.8 Å². The lowest BCUT2D eigenvalue weighted by Gasteiger charge is -2.53. The molecule has 1 aromatic heterocycles. The molecule has 2 aliphatic heterocycles. The van der Waals surface area contributed by atoms with Crippen LogP contribution < -0.4 is 10.6 Å². The van der Waals surface area contributed by atoms with Gasteiger partial charge in [-0.25, -0.2) is 4.98 Å². The van der Waals surface area contributed by atoms with Crippen LogP contribution in [0.5, 0.6) is 0 Å². The molecule has 1 aromatic carbocycles. The van der Waals surface area contributed by atoms with E-state index in [0.717, 1.165) is 62.6 Å². The molecule has 3 heterocycles. The summed E-state index contributed by atoms with van der Waals surface area (Å²) in [4.78, 5) is 33.7. The van der Waals surface area contributed by atoms with Crippen molar-refractivity contribution in [2.45, 2.75) is 93.5 Å². The monoisotopic (exact) mass is 510 g/mol. The second-order valence-electron chi connectivity index (χ2n) is 12.4. The quantitative estimate of drug-likeness (QED) is 0.615. The number of hydrogen-bond donors (Lipinski definition) is 2. The van der Waals surface area contributed by atoms with Gasteiger partial charge in [0.2, 0.25) is 11.8 Å². The third-order valence-electron chi connectivity index (χ3n) is 10.3. The van der Waals surface area contributed by atoms with Crippen LogP contribution in [0.3, 0.4) is 0 Å². The Morgan fingerprint density at radius 2 is 1.68 bits per heavy atom. The SMILES string of the molecule is O=C1N(CC=Cc2ccc3c(c2)C[C@@]2(C3)C(=O)Nc3ncccc32)C2(CCCCCC2)CNC12CCCC2. The molecule has 198 valence electrons. The maximum atomic E-state index is 14.0. The fraction of sp³-hybridized carbons (Fsp3) is 0.531. The lowest BCUT2D eigenvalue weighted by Crippen LogP contribution is -2.72. The third kappa shape index (κ3) is 3.67. The van der Waals surface area contributed by atoms with Crippen LogP contribution in [0.15, 0.2) is 42.6 Å². The van der Waals surface area contributed by atoms with Crippen LogP contribution in [0.25, 0.3) is 6.08 Å². The van der Waals surface area contributed by atoms with E-state index in [4.69, 9.17) is 0 Å². The van der Waals surface area contributed by atoms with Crippen molar-refractivity contribution < 1.29 is 9.59 Å². The average molecular weight is 511 g/mol. The molecule has 2 aromatic rings. The molecule has 38 heavy (non-hydrogen) atoms. The summed E-state index contributed by atoms with van der Waals surface area (Å²) in [5.41, 5.74) is 3.72. The van der Waals surface area contributed by atoms with Crippen molar-refractivity contribution in [2.75, 3.05) is 18.4 Å². The van der Waals surface area contributed by atoms with Crippen LogP contribution in [0.2, 0.25) is 0 Å². The van der Waals surface area contributed by atoms with E-state index in [1.165, 1.54) is 36.8 Å². The second-order valence-corrected chi connectivity index (χ2v) is 12.4. The van der Waals surface area contributed by atoms with Gasteiger partial charge in [-0.3, -0.25) is 9.59 Å². The summed E-state index contributed by atoms with van der Waals surface area (Å²) in [5.74, 6) is 1.10. The fourth-order valence-electron chi connectivity index (χ4n) is 8.14. The molecule has 0 radical (unpaired) electrons. The molecule has 3 aliphatic carbocycles. The van der Waals surface area contributed by atoms with E-state index in [9.17, 15) is 9.59 Å². The number of nitrogens with one attached hydrogen (secondary N) is 2. The summed E-state index contributed by atoms with van der Waals surface area (Å²) < 4.78 is 0. The van der Waals surface area contributed by atoms with Gasteiger partial charge in [-0.2, -0.15) is 0 Å². The van der Waals surface area contributed by atoms with Gasteiger partial charge in [-0.05, 0) is 61.3 Å². The van der Waals surface area contributed by atoms with Crippen LogP contribution in [0, 0.1) is 0 Å². The van der Waals surface area contributed by atoms with Crippen molar-refractivity contribution >= 4 is 23.7 Å². The Hall–Kier alpha value is -2.99. The zero-order chi connectivity index (χ0) is 25.8. The first-order valence-corrected chi connectivity index (χ1v) is 14.7. The zero-order valence-electron chi connectivity index (χ0n) is 22.2. The summed E-state index contributed by atoms with van der Waals surface area (Å²) in [5, 5.41) is 6.78. The number of pyridine rings is 1. The highest BCUT2D eigenvalue weighted by Gasteiger charge is 2.54. The van der Waals surface area contributed by atoms with Crippen LogP contribution in [0.4, 0.5) is 5.82 Å². The van der Waals surface area contributed by atoms with E-state index in [0.29, 0.717) is 24.7 Å². The topological polar surface area (TPSA) is 74.3 Å². The van der Waals surface area contributed by atoms with Gasteiger partial charge < -0.3 is 15.5 Å². The van der Waals surface area contributed by atoms with Gasteiger partial charge in [0.1, 0.15) is 5.82 Å². The van der Waals surface area contributed by atoms with Crippen LogP contribution in [-0.4, -0.2) is 45.9 Å². The van der Waals surface area contributed by atoms with Crippen LogP contribution in [0.1, 0.15) is 86.5 Å². The molecule has 2 saturated carbocycles. The van der Waals surface area contributed by atoms with Gasteiger partial charge >= 0.3 is 0 Å². The maximum Gasteiger partial charge on any atom is 0.243 e. The first kappa shape index (κ1) is 24.1. The second kappa shape index (κ2) is 9.04. The number of anilines is 1. The minimum Gasteiger partial charge on any atom is -0.330 e. The number of benzene rings is 1. The van der Waals surface area contributed by atoms with E-state index in [-0.39, 0.29) is 17.0 Å². The van der Waals surface area contributed by atoms with Crippen molar-refractivity contribution in [3.05, 3.63) is 64.9 Å². The number of nitrogens with zero attached hydrogens (tertiary/aromatic N) is 2. The molecule has 3 spiro atoms. The normalized spacial score (nSPS) is 27.3. The first-order chi connectivity index (χ1) is 18.5. The van der Waals surface area contributed by atoms with Crippen molar-refractivity contribution in [1.82, 2.24) is 15.2 Å². The summed E-state index contributed by atoms with van der Waals surface area (Å²) >= 11 is 0. The van der Waals surface area contributed by atoms with Crippen LogP contribution >= 0.6 is 0 Å². The molecular formula is C32H38N4O2. The molecule has 6 nitrogen and oxygen atoms in total. The Bertz CT molecular complexity index is 1300. The molecule has 2 N–H and O–H groups in total. The summed E-state index contributed by atoms with van der Waals surface area (Å²) in [6, 6.07) is 10.5. The Morgan fingerprint density at radius 1 is 0.921 bits per heavy atom. The molecular weight excluding hydrogens is 472 g/mol. The van der Waals surface area contributed by atoms with E-state index in [1.807, 2.05) is 12.1 Å². The predicted octanol–water partition coefficient (Wildman–Crippen LogP) is 4.92. The summed E-state index contributed by atoms with van der Waals surface area (Å²) in [6.07, 6.45) is 19.0. The van der Waals surface area contributed by atoms with Gasteiger partial charge in [0.05, 0.1) is 16.5 Å². The molecule has 5 aliphatic rings. The highest BCUT2D eigenvalue weighted by Crippen LogP contribution is 2.47. The highest BCUT2D eigenvalue weighted by atomic mass is 16.2. The smallest absolute Gasteiger partial charge is 0.243 e. The van der Waals surface area contributed by atoms with Gasteiger partial charge in [0, 0.05) is 24.8 Å². The lowest BCUT2D eigenvalue weighted by molar-refractivity contribution is -0.151. The molecule has 2 amide bonds. The molecule has 1 saturated heterocycles. The molecule has 0 unspecified atom stereocenters. The number of rotatable bonds is 3. The number of carbonyl (C=O) groups is 2. The van der Waals surface area contributed by atoms with Gasteiger partial charge in [0.15, 0.2) is 0 Å². The standard InChI is InChI=1S/C32H38N4O2/c37-28-31(26-10-7-17-33-27(26)35-28)20-24-12-11-23(19-25(24)21-31)9-8-18-36-29(38)32(15-5-6-16-32)34-22-30(36)13-3-1-2-4-14-30/h7-12,17,19,34H,1-6,13-16,18,20-22H2,(H,33,35,37)/t31-/m1/s1. The van der Waals surface area contributed by atoms with Gasteiger partial charge in [-0.15, -0.1) is 0 Å². The molecule has 7 rings (SSSR count). The minimum atomic E-state index is -0.539. The van der Waals surface area contributed by atoms with Crippen molar-refractivity contribution in [1.29, 1.82) is 0 Å². The van der Waals surface area contributed by atoms with E-state index in [1.54, 1.807) is 6.20 Å². The Labute approximate surface area is 225 Å². The Balaban J connectivity index is 1.12.